The molecule has 1 heterocycles. The minimum Gasteiger partial charge on any atom is -0.339 e. The maximum absolute atomic E-state index is 12.8. The van der Waals surface area contributed by atoms with Crippen molar-refractivity contribution in [2.45, 2.75) is 21.1 Å². The summed E-state index contributed by atoms with van der Waals surface area (Å²) >= 11 is 3.57. The Labute approximate surface area is 191 Å². The van der Waals surface area contributed by atoms with Crippen LogP contribution in [0.1, 0.15) is 16.1 Å². The lowest BCUT2D eigenvalue weighted by atomic mass is 10.2. The summed E-state index contributed by atoms with van der Waals surface area (Å²) in [5.74, 6) is -0.505. The number of nitro benzene ring substituents is 1. The fraction of sp³-hybridized carbons (Fsp3) is 0.150. The average molecular weight is 475 g/mol. The van der Waals surface area contributed by atoms with Gasteiger partial charge in [0.1, 0.15) is 0 Å². The Hall–Kier alpha value is -2.89. The van der Waals surface area contributed by atoms with E-state index in [1.165, 1.54) is 40.1 Å². The number of thiazole rings is 1. The van der Waals surface area contributed by atoms with Gasteiger partial charge in [-0.25, -0.2) is 4.98 Å². The predicted molar refractivity (Wildman–Crippen MR) is 123 cm³/mol. The van der Waals surface area contributed by atoms with Crippen molar-refractivity contribution in [3.63, 3.8) is 0 Å². The summed E-state index contributed by atoms with van der Waals surface area (Å²) in [5, 5.41) is 16.0. The van der Waals surface area contributed by atoms with E-state index in [1.54, 1.807) is 44.4 Å². The minimum atomic E-state index is -0.515. The minimum absolute atomic E-state index is 0.144. The van der Waals surface area contributed by atoms with E-state index in [2.05, 4.69) is 10.3 Å². The number of thioether (sulfide) groups is 1. The molecule has 0 saturated heterocycles. The number of nitro groups is 1. The van der Waals surface area contributed by atoms with Crippen LogP contribution in [0.2, 0.25) is 0 Å². The number of hydrogen-bond acceptors (Lipinski definition) is 8. The summed E-state index contributed by atoms with van der Waals surface area (Å²) in [6.07, 6.45) is 0. The number of nitrogens with one attached hydrogen (secondary N) is 1. The predicted octanol–water partition coefficient (Wildman–Crippen LogP) is 5.54. The molecule has 0 aliphatic carbocycles. The summed E-state index contributed by atoms with van der Waals surface area (Å²) in [6, 6.07) is 11.2. The van der Waals surface area contributed by atoms with E-state index in [-0.39, 0.29) is 16.5 Å². The molecule has 0 aliphatic rings. The van der Waals surface area contributed by atoms with Crippen molar-refractivity contribution in [3.8, 4) is 0 Å². The number of nitrogens with zero attached hydrogens (tertiary/aromatic N) is 3. The van der Waals surface area contributed by atoms with Crippen molar-refractivity contribution in [2.75, 3.05) is 19.4 Å². The number of carbonyl (C=O) groups is 2. The number of para-hydroxylation sites is 1. The third-order valence-electron chi connectivity index (χ3n) is 3.91. The normalized spacial score (nSPS) is 10.5. The van der Waals surface area contributed by atoms with Gasteiger partial charge in [-0.1, -0.05) is 23.9 Å². The molecule has 0 fully saturated rings. The van der Waals surface area contributed by atoms with Crippen molar-refractivity contribution in [3.05, 3.63) is 69.2 Å². The molecule has 2 amide bonds. The first kappa shape index (κ1) is 22.8. The van der Waals surface area contributed by atoms with Gasteiger partial charge in [0.15, 0.2) is 4.34 Å². The Bertz CT molecular complexity index is 1150. The van der Waals surface area contributed by atoms with E-state index < -0.39 is 10.8 Å². The van der Waals surface area contributed by atoms with Crippen molar-refractivity contribution in [1.29, 1.82) is 0 Å². The standard InChI is InChI=1S/C20H18N4O4S3/c1-12-11-29-19(21-12)30-17-9-8-13(10-15(17)24(27)28)18(25)22-14-6-4-5-7-16(14)31-20(26)23(2)3/h4-11H,1-3H3,(H,22,25). The zero-order valence-electron chi connectivity index (χ0n) is 16.8. The van der Waals surface area contributed by atoms with Crippen LogP contribution in [-0.4, -0.2) is 40.0 Å². The first-order valence-electron chi connectivity index (χ1n) is 8.92. The summed E-state index contributed by atoms with van der Waals surface area (Å²) in [4.78, 5) is 42.6. The maximum Gasteiger partial charge on any atom is 0.286 e. The van der Waals surface area contributed by atoms with Crippen LogP contribution in [0.5, 0.6) is 0 Å². The number of benzene rings is 2. The van der Waals surface area contributed by atoms with E-state index in [9.17, 15) is 19.7 Å². The van der Waals surface area contributed by atoms with Crippen LogP contribution in [0, 0.1) is 17.0 Å². The highest BCUT2D eigenvalue weighted by molar-refractivity contribution is 8.13. The third-order valence-corrected chi connectivity index (χ3v) is 7.15. The molecule has 0 unspecified atom stereocenters. The fourth-order valence-electron chi connectivity index (χ4n) is 2.40. The molecule has 0 aliphatic heterocycles. The Morgan fingerprint density at radius 1 is 1.16 bits per heavy atom. The summed E-state index contributed by atoms with van der Waals surface area (Å²) in [5.41, 5.74) is 1.27. The van der Waals surface area contributed by atoms with E-state index in [0.29, 0.717) is 19.8 Å². The van der Waals surface area contributed by atoms with E-state index >= 15 is 0 Å². The Morgan fingerprint density at radius 2 is 1.90 bits per heavy atom. The highest BCUT2D eigenvalue weighted by Crippen LogP contribution is 2.37. The number of carbonyl (C=O) groups excluding carboxylic acids is 2. The van der Waals surface area contributed by atoms with Crippen molar-refractivity contribution in [2.24, 2.45) is 0 Å². The van der Waals surface area contributed by atoms with Crippen LogP contribution < -0.4 is 5.32 Å². The smallest absolute Gasteiger partial charge is 0.286 e. The molecule has 11 heteroatoms. The van der Waals surface area contributed by atoms with Gasteiger partial charge < -0.3 is 10.2 Å². The first-order valence-corrected chi connectivity index (χ1v) is 11.4. The van der Waals surface area contributed by atoms with Crippen molar-refractivity contribution in [1.82, 2.24) is 9.88 Å². The van der Waals surface area contributed by atoms with E-state index in [0.717, 1.165) is 17.5 Å². The average Bonchev–Trinajstić information content (AvgIpc) is 3.14. The van der Waals surface area contributed by atoms with Crippen LogP contribution in [0.25, 0.3) is 0 Å². The Kier molecular flexibility index (Phi) is 7.31. The van der Waals surface area contributed by atoms with Gasteiger partial charge in [0, 0.05) is 41.7 Å². The molecule has 3 rings (SSSR count). The van der Waals surface area contributed by atoms with Gasteiger partial charge in [-0.2, -0.15) is 0 Å². The molecule has 1 aromatic heterocycles. The topological polar surface area (TPSA) is 105 Å². The second kappa shape index (κ2) is 9.94. The van der Waals surface area contributed by atoms with Gasteiger partial charge in [-0.15, -0.1) is 11.3 Å². The summed E-state index contributed by atoms with van der Waals surface area (Å²) < 4.78 is 0.689. The summed E-state index contributed by atoms with van der Waals surface area (Å²) in [7, 11) is 3.28. The molecular weight excluding hydrogens is 456 g/mol. The van der Waals surface area contributed by atoms with Gasteiger partial charge in [-0.3, -0.25) is 19.7 Å². The fourth-order valence-corrected chi connectivity index (χ4v) is 5.02. The lowest BCUT2D eigenvalue weighted by Crippen LogP contribution is -2.17. The lowest BCUT2D eigenvalue weighted by Gasteiger charge is -2.13. The molecule has 0 saturated carbocycles. The zero-order valence-corrected chi connectivity index (χ0v) is 19.3. The lowest BCUT2D eigenvalue weighted by molar-refractivity contribution is -0.387. The van der Waals surface area contributed by atoms with Gasteiger partial charge >= 0.3 is 0 Å². The first-order chi connectivity index (χ1) is 14.7. The number of hydrogen-bond donors (Lipinski definition) is 1. The number of aromatic nitrogens is 1. The monoisotopic (exact) mass is 474 g/mol. The van der Waals surface area contributed by atoms with Crippen LogP contribution in [0.4, 0.5) is 16.2 Å². The molecule has 0 bridgehead atoms. The molecule has 1 N–H and O–H groups in total. The molecule has 0 spiro atoms. The molecule has 160 valence electrons. The Balaban J connectivity index is 1.83. The van der Waals surface area contributed by atoms with Gasteiger partial charge in [-0.05, 0) is 43.0 Å². The highest BCUT2D eigenvalue weighted by atomic mass is 32.2. The molecule has 0 atom stereocenters. The largest absolute Gasteiger partial charge is 0.339 e. The number of anilines is 1. The Morgan fingerprint density at radius 3 is 2.55 bits per heavy atom. The van der Waals surface area contributed by atoms with E-state index in [1.807, 2.05) is 12.3 Å². The SMILES string of the molecule is Cc1csc(Sc2ccc(C(=O)Nc3ccccc3SC(=O)N(C)C)cc2[N+](=O)[O-])n1. The molecule has 3 aromatic rings. The van der Waals surface area contributed by atoms with Crippen LogP contribution >= 0.6 is 34.9 Å². The second-order valence-electron chi connectivity index (χ2n) is 6.51. The van der Waals surface area contributed by atoms with Gasteiger partial charge in [0.05, 0.1) is 15.5 Å². The van der Waals surface area contributed by atoms with Gasteiger partial charge in [0.25, 0.3) is 16.8 Å². The molecule has 8 nitrogen and oxygen atoms in total. The molecule has 2 aromatic carbocycles. The molecular formula is C20H18N4O4S3. The number of rotatable bonds is 6. The highest BCUT2D eigenvalue weighted by Gasteiger charge is 2.20. The van der Waals surface area contributed by atoms with Crippen molar-refractivity contribution >= 4 is 57.4 Å². The van der Waals surface area contributed by atoms with Crippen LogP contribution in [0.15, 0.2) is 62.0 Å². The summed E-state index contributed by atoms with van der Waals surface area (Å²) in [6.45, 7) is 1.85. The molecule has 0 radical (unpaired) electrons. The van der Waals surface area contributed by atoms with Crippen LogP contribution in [0.3, 0.4) is 0 Å². The van der Waals surface area contributed by atoms with E-state index in [4.69, 9.17) is 0 Å². The number of aryl methyl sites for hydroxylation is 1. The third kappa shape index (κ3) is 5.84. The van der Waals surface area contributed by atoms with Crippen molar-refractivity contribution < 1.29 is 14.5 Å². The number of amides is 2. The second-order valence-corrected chi connectivity index (χ2v) is 9.65. The molecule has 31 heavy (non-hydrogen) atoms. The van der Waals surface area contributed by atoms with Gasteiger partial charge in [0.2, 0.25) is 0 Å². The zero-order chi connectivity index (χ0) is 22.5. The quantitative estimate of drug-likeness (QED) is 0.284. The maximum atomic E-state index is 12.8. The van der Waals surface area contributed by atoms with Crippen LogP contribution in [-0.2, 0) is 0 Å².